The second kappa shape index (κ2) is 10.4. The number of aromatic hydroxyl groups is 1. The molecule has 0 radical (unpaired) electrons. The zero-order chi connectivity index (χ0) is 18.8. The van der Waals surface area contributed by atoms with Crippen LogP contribution in [0.15, 0.2) is 24.3 Å². The smallest absolute Gasteiger partial charge is 0.293 e. The van der Waals surface area contributed by atoms with E-state index >= 15 is 0 Å². The third-order valence-corrected chi connectivity index (χ3v) is 2.91. The zero-order valence-corrected chi connectivity index (χ0v) is 15.2. The number of nitrogens with zero attached hydrogens (tertiary/aromatic N) is 1. The summed E-state index contributed by atoms with van der Waals surface area (Å²) in [6.45, 7) is 8.70. The lowest BCUT2D eigenvalue weighted by molar-refractivity contribution is -0.138. The summed E-state index contributed by atoms with van der Waals surface area (Å²) in [5.41, 5.74) is 1.11. The van der Waals surface area contributed by atoms with E-state index in [1.54, 1.807) is 36.9 Å². The predicted octanol–water partition coefficient (Wildman–Crippen LogP) is 3.31. The Morgan fingerprint density at radius 2 is 1.83 bits per heavy atom. The molecule has 0 aliphatic carbocycles. The lowest BCUT2D eigenvalue weighted by Gasteiger charge is -2.14. The van der Waals surface area contributed by atoms with Gasteiger partial charge in [-0.05, 0) is 45.9 Å². The van der Waals surface area contributed by atoms with Gasteiger partial charge in [0.25, 0.3) is 6.47 Å². The summed E-state index contributed by atoms with van der Waals surface area (Å²) in [6.07, 6.45) is 0.777. The fourth-order valence-electron chi connectivity index (χ4n) is 1.62. The quantitative estimate of drug-likeness (QED) is 0.870. The summed E-state index contributed by atoms with van der Waals surface area (Å²) >= 11 is 0. The van der Waals surface area contributed by atoms with E-state index in [1.165, 1.54) is 0 Å². The molecule has 0 amide bonds. The number of ether oxygens (including phenoxy) is 2. The third-order valence-electron chi connectivity index (χ3n) is 2.91. The SMILES string of the molecule is CC(C)(C)OC=O.CCOC.Cn1c(C=O)cc2c(O)cccc21. The van der Waals surface area contributed by atoms with Gasteiger partial charge >= 0.3 is 0 Å². The summed E-state index contributed by atoms with van der Waals surface area (Å²) in [7, 11) is 3.48. The van der Waals surface area contributed by atoms with Crippen molar-refractivity contribution in [1.29, 1.82) is 0 Å². The van der Waals surface area contributed by atoms with Gasteiger partial charge in [-0.3, -0.25) is 9.59 Å². The summed E-state index contributed by atoms with van der Waals surface area (Å²) in [4.78, 5) is 20.2. The average Bonchev–Trinajstić information content (AvgIpc) is 2.85. The number of carbonyl (C=O) groups is 2. The van der Waals surface area contributed by atoms with Gasteiger partial charge < -0.3 is 19.1 Å². The lowest BCUT2D eigenvalue weighted by atomic mass is 10.2. The number of phenols is 1. The van der Waals surface area contributed by atoms with Crippen molar-refractivity contribution < 1.29 is 24.2 Å². The van der Waals surface area contributed by atoms with Crippen molar-refractivity contribution in [3.63, 3.8) is 0 Å². The van der Waals surface area contributed by atoms with Gasteiger partial charge in [-0.2, -0.15) is 0 Å². The Labute approximate surface area is 143 Å². The van der Waals surface area contributed by atoms with E-state index in [4.69, 9.17) is 0 Å². The van der Waals surface area contributed by atoms with Gasteiger partial charge in [0.15, 0.2) is 6.29 Å². The fourth-order valence-corrected chi connectivity index (χ4v) is 1.62. The number of aromatic nitrogens is 1. The molecule has 0 saturated heterocycles. The highest BCUT2D eigenvalue weighted by atomic mass is 16.5. The Morgan fingerprint density at radius 3 is 2.17 bits per heavy atom. The first-order valence-corrected chi connectivity index (χ1v) is 7.54. The number of hydrogen-bond donors (Lipinski definition) is 1. The van der Waals surface area contributed by atoms with Crippen LogP contribution < -0.4 is 0 Å². The second-order valence-electron chi connectivity index (χ2n) is 5.86. The topological polar surface area (TPSA) is 77.8 Å². The minimum absolute atomic E-state index is 0.209. The molecule has 2 aromatic rings. The van der Waals surface area contributed by atoms with Gasteiger partial charge in [-0.1, -0.05) is 6.07 Å². The molecule has 0 atom stereocenters. The summed E-state index contributed by atoms with van der Waals surface area (Å²) in [6, 6.07) is 6.91. The maximum absolute atomic E-state index is 10.6. The molecular weight excluding hydrogens is 310 g/mol. The van der Waals surface area contributed by atoms with Crippen molar-refractivity contribution >= 4 is 23.7 Å². The van der Waals surface area contributed by atoms with Crippen molar-refractivity contribution in [1.82, 2.24) is 4.57 Å². The normalized spacial score (nSPS) is 10.1. The Kier molecular flexibility index (Phi) is 9.42. The van der Waals surface area contributed by atoms with Gasteiger partial charge in [-0.15, -0.1) is 0 Å². The molecule has 0 spiro atoms. The highest BCUT2D eigenvalue weighted by Crippen LogP contribution is 2.26. The van der Waals surface area contributed by atoms with Crippen molar-refractivity contribution in [3.05, 3.63) is 30.0 Å². The predicted molar refractivity (Wildman–Crippen MR) is 94.4 cm³/mol. The molecule has 0 aliphatic heterocycles. The van der Waals surface area contributed by atoms with E-state index in [9.17, 15) is 14.7 Å². The lowest BCUT2D eigenvalue weighted by Crippen LogP contribution is -2.17. The van der Waals surface area contributed by atoms with E-state index in [-0.39, 0.29) is 11.4 Å². The van der Waals surface area contributed by atoms with Crippen molar-refractivity contribution in [2.45, 2.75) is 33.3 Å². The Bertz CT molecular complexity index is 639. The van der Waals surface area contributed by atoms with Crippen LogP contribution in [-0.4, -0.2) is 41.7 Å². The number of hydrogen-bond acceptors (Lipinski definition) is 5. The van der Waals surface area contributed by atoms with Gasteiger partial charge in [-0.25, -0.2) is 0 Å². The highest BCUT2D eigenvalue weighted by molar-refractivity contribution is 5.92. The molecule has 1 N–H and O–H groups in total. The fraction of sp³-hybridized carbons (Fsp3) is 0.444. The third kappa shape index (κ3) is 7.28. The van der Waals surface area contributed by atoms with Crippen LogP contribution in [0, 0.1) is 0 Å². The Balaban J connectivity index is 0.000000408. The molecule has 6 nitrogen and oxygen atoms in total. The molecule has 1 aromatic heterocycles. The molecule has 6 heteroatoms. The number of aldehydes is 1. The highest BCUT2D eigenvalue weighted by Gasteiger charge is 2.07. The second-order valence-corrected chi connectivity index (χ2v) is 5.86. The van der Waals surface area contributed by atoms with Crippen LogP contribution in [0.3, 0.4) is 0 Å². The number of methoxy groups -OCH3 is 1. The van der Waals surface area contributed by atoms with Gasteiger partial charge in [0.2, 0.25) is 0 Å². The van der Waals surface area contributed by atoms with Crippen molar-refractivity contribution in [2.24, 2.45) is 7.05 Å². The van der Waals surface area contributed by atoms with Gasteiger partial charge in [0.05, 0.1) is 11.2 Å². The van der Waals surface area contributed by atoms with Crippen molar-refractivity contribution in [2.75, 3.05) is 13.7 Å². The monoisotopic (exact) mass is 337 g/mol. The molecule has 0 unspecified atom stereocenters. The van der Waals surface area contributed by atoms with Crippen LogP contribution in [0.1, 0.15) is 38.2 Å². The molecule has 2 rings (SSSR count). The van der Waals surface area contributed by atoms with Crippen LogP contribution in [0.4, 0.5) is 0 Å². The standard InChI is InChI=1S/C10H9NO2.C5H10O2.C3H8O/c1-11-7(6-12)5-8-9(11)3-2-4-10(8)13;1-5(2,3)7-4-6;1-3-4-2/h2-6,13H,1H3;4H,1-3H3;3H2,1-2H3. The first-order chi connectivity index (χ1) is 11.2. The maximum Gasteiger partial charge on any atom is 0.293 e. The van der Waals surface area contributed by atoms with Crippen LogP contribution in [-0.2, 0) is 21.3 Å². The molecule has 0 bridgehead atoms. The number of benzene rings is 1. The molecule has 134 valence electrons. The van der Waals surface area contributed by atoms with Crippen LogP contribution in [0.2, 0.25) is 0 Å². The van der Waals surface area contributed by atoms with E-state index in [0.717, 1.165) is 18.4 Å². The summed E-state index contributed by atoms with van der Waals surface area (Å²) < 4.78 is 10.8. The first-order valence-electron chi connectivity index (χ1n) is 7.54. The Hall–Kier alpha value is -2.34. The molecule has 0 saturated carbocycles. The van der Waals surface area contributed by atoms with E-state index < -0.39 is 0 Å². The molecule has 1 heterocycles. The van der Waals surface area contributed by atoms with Crippen LogP contribution >= 0.6 is 0 Å². The number of phenolic OH excluding ortho intramolecular Hbond substituents is 1. The van der Waals surface area contributed by atoms with E-state index in [2.05, 4.69) is 9.47 Å². The van der Waals surface area contributed by atoms with E-state index in [1.807, 2.05) is 33.8 Å². The molecule has 1 aromatic carbocycles. The largest absolute Gasteiger partial charge is 0.507 e. The van der Waals surface area contributed by atoms with E-state index in [0.29, 0.717) is 17.6 Å². The minimum atomic E-state index is -0.318. The molecule has 0 fully saturated rings. The number of carbonyl (C=O) groups excluding carboxylic acids is 2. The summed E-state index contributed by atoms with van der Waals surface area (Å²) in [5.74, 6) is 0.209. The summed E-state index contributed by atoms with van der Waals surface area (Å²) in [5, 5.41) is 10.2. The molecule has 0 aliphatic rings. The first kappa shape index (κ1) is 21.7. The Morgan fingerprint density at radius 1 is 1.25 bits per heavy atom. The number of aryl methyl sites for hydroxylation is 1. The molecular formula is C18H27NO5. The average molecular weight is 337 g/mol. The van der Waals surface area contributed by atoms with Gasteiger partial charge in [0, 0.05) is 26.2 Å². The van der Waals surface area contributed by atoms with Crippen LogP contribution in [0.5, 0.6) is 5.75 Å². The molecule has 24 heavy (non-hydrogen) atoms. The maximum atomic E-state index is 10.6. The van der Waals surface area contributed by atoms with Gasteiger partial charge in [0.1, 0.15) is 11.4 Å². The number of rotatable bonds is 3. The van der Waals surface area contributed by atoms with Crippen molar-refractivity contribution in [3.8, 4) is 5.75 Å². The van der Waals surface area contributed by atoms with Crippen LogP contribution in [0.25, 0.3) is 10.9 Å². The minimum Gasteiger partial charge on any atom is -0.507 e. The zero-order valence-electron chi connectivity index (χ0n) is 15.2. The number of fused-ring (bicyclic) bond motifs is 1.